The number of carbonyl (C=O) groups is 1. The molecule has 0 bridgehead atoms. The van der Waals surface area contributed by atoms with Gasteiger partial charge in [0.15, 0.2) is 0 Å². The van der Waals surface area contributed by atoms with Crippen LogP contribution >= 0.6 is 11.6 Å². The number of likely N-dealkylation sites (N-methyl/N-ethyl adjacent to an activating group) is 1. The van der Waals surface area contributed by atoms with Crippen molar-refractivity contribution in [1.82, 2.24) is 4.90 Å². The predicted molar refractivity (Wildman–Crippen MR) is 93.1 cm³/mol. The molecule has 0 fully saturated rings. The van der Waals surface area contributed by atoms with Gasteiger partial charge in [0.2, 0.25) is 5.91 Å². The van der Waals surface area contributed by atoms with Crippen LogP contribution < -0.4 is 5.32 Å². The molecule has 114 valence electrons. The normalized spacial score (nSPS) is 11.0. The van der Waals surface area contributed by atoms with Gasteiger partial charge in [0.1, 0.15) is 0 Å². The number of nitrogens with one attached hydrogen (secondary N) is 1. The molecular formula is C18H19ClN2O. The Morgan fingerprint density at radius 2 is 1.82 bits per heavy atom. The molecular weight excluding hydrogens is 296 g/mol. The molecule has 0 spiro atoms. The molecule has 2 aromatic rings. The lowest BCUT2D eigenvalue weighted by molar-refractivity contribution is -0.116. The van der Waals surface area contributed by atoms with E-state index in [1.807, 2.05) is 66.6 Å². The summed E-state index contributed by atoms with van der Waals surface area (Å²) in [7, 11) is 1.90. The number of carbonyl (C=O) groups excluding carboxylic acids is 1. The molecule has 0 aliphatic rings. The molecule has 3 nitrogen and oxygen atoms in total. The van der Waals surface area contributed by atoms with Gasteiger partial charge in [-0.05, 0) is 24.7 Å². The van der Waals surface area contributed by atoms with E-state index in [0.29, 0.717) is 23.8 Å². The topological polar surface area (TPSA) is 32.3 Å². The van der Waals surface area contributed by atoms with Crippen molar-refractivity contribution in [3.63, 3.8) is 0 Å². The third kappa shape index (κ3) is 5.35. The predicted octanol–water partition coefficient (Wildman–Crippen LogP) is 3.92. The minimum Gasteiger partial charge on any atom is -0.324 e. The first-order valence-electron chi connectivity index (χ1n) is 7.09. The van der Waals surface area contributed by atoms with Crippen molar-refractivity contribution in [2.75, 3.05) is 25.5 Å². The first-order chi connectivity index (χ1) is 10.6. The molecule has 1 amide bonds. The van der Waals surface area contributed by atoms with Crippen LogP contribution in [0.15, 0.2) is 60.7 Å². The van der Waals surface area contributed by atoms with Crippen LogP contribution in [-0.4, -0.2) is 30.9 Å². The fourth-order valence-corrected chi connectivity index (χ4v) is 2.18. The lowest BCUT2D eigenvalue weighted by Gasteiger charge is -2.14. The maximum Gasteiger partial charge on any atom is 0.238 e. The number of hydrogen-bond acceptors (Lipinski definition) is 2. The van der Waals surface area contributed by atoms with E-state index >= 15 is 0 Å². The van der Waals surface area contributed by atoms with E-state index in [9.17, 15) is 4.79 Å². The molecule has 0 unspecified atom stereocenters. The highest BCUT2D eigenvalue weighted by Gasteiger charge is 2.07. The van der Waals surface area contributed by atoms with E-state index < -0.39 is 0 Å². The van der Waals surface area contributed by atoms with Crippen molar-refractivity contribution in [1.29, 1.82) is 0 Å². The summed E-state index contributed by atoms with van der Waals surface area (Å²) < 4.78 is 0. The van der Waals surface area contributed by atoms with Gasteiger partial charge in [-0.15, -0.1) is 0 Å². The van der Waals surface area contributed by atoms with Crippen LogP contribution in [-0.2, 0) is 4.79 Å². The molecule has 0 aliphatic carbocycles. The third-order valence-electron chi connectivity index (χ3n) is 3.09. The lowest BCUT2D eigenvalue weighted by atomic mass is 10.2. The molecule has 0 radical (unpaired) electrons. The van der Waals surface area contributed by atoms with E-state index in [0.717, 1.165) is 5.56 Å². The fourth-order valence-electron chi connectivity index (χ4n) is 1.99. The van der Waals surface area contributed by atoms with Crippen molar-refractivity contribution in [2.45, 2.75) is 0 Å². The van der Waals surface area contributed by atoms with Crippen molar-refractivity contribution in [2.24, 2.45) is 0 Å². The average Bonchev–Trinajstić information content (AvgIpc) is 2.50. The quantitative estimate of drug-likeness (QED) is 0.876. The van der Waals surface area contributed by atoms with Gasteiger partial charge in [-0.3, -0.25) is 9.69 Å². The van der Waals surface area contributed by atoms with Gasteiger partial charge in [0.05, 0.1) is 17.3 Å². The van der Waals surface area contributed by atoms with Gasteiger partial charge in [-0.2, -0.15) is 0 Å². The van der Waals surface area contributed by atoms with E-state index in [-0.39, 0.29) is 5.91 Å². The molecule has 4 heteroatoms. The monoisotopic (exact) mass is 314 g/mol. The van der Waals surface area contributed by atoms with Gasteiger partial charge in [0.25, 0.3) is 0 Å². The molecule has 0 saturated carbocycles. The Hall–Kier alpha value is -2.10. The Bertz CT molecular complexity index is 641. The second-order valence-corrected chi connectivity index (χ2v) is 5.45. The van der Waals surface area contributed by atoms with E-state index in [1.165, 1.54) is 0 Å². The molecule has 2 rings (SSSR count). The lowest BCUT2D eigenvalue weighted by Crippen LogP contribution is -2.30. The van der Waals surface area contributed by atoms with E-state index in [2.05, 4.69) is 5.32 Å². The number of amides is 1. The minimum absolute atomic E-state index is 0.0799. The van der Waals surface area contributed by atoms with Crippen molar-refractivity contribution in [3.8, 4) is 0 Å². The second kappa shape index (κ2) is 8.37. The number of para-hydroxylation sites is 1. The van der Waals surface area contributed by atoms with Crippen LogP contribution in [0.1, 0.15) is 5.56 Å². The Morgan fingerprint density at radius 3 is 2.55 bits per heavy atom. The highest BCUT2D eigenvalue weighted by Crippen LogP contribution is 2.20. The van der Waals surface area contributed by atoms with Gasteiger partial charge in [-0.1, -0.05) is 66.2 Å². The fraction of sp³-hybridized carbons (Fsp3) is 0.167. The Balaban J connectivity index is 1.79. The highest BCUT2D eigenvalue weighted by atomic mass is 35.5. The molecule has 0 atom stereocenters. The highest BCUT2D eigenvalue weighted by molar-refractivity contribution is 6.33. The summed E-state index contributed by atoms with van der Waals surface area (Å²) in [4.78, 5) is 13.9. The standard InChI is InChI=1S/C18H19ClN2O/c1-21(13-7-10-15-8-3-2-4-9-15)14-18(22)20-17-12-6-5-11-16(17)19/h2-12H,13-14H2,1H3,(H,20,22)/b10-7+. The number of halogens is 1. The zero-order chi connectivity index (χ0) is 15.8. The molecule has 0 heterocycles. The zero-order valence-electron chi connectivity index (χ0n) is 12.5. The number of hydrogen-bond donors (Lipinski definition) is 1. The summed E-state index contributed by atoms with van der Waals surface area (Å²) in [5.74, 6) is -0.0799. The first kappa shape index (κ1) is 16.3. The van der Waals surface area contributed by atoms with Crippen LogP contribution in [0.2, 0.25) is 5.02 Å². The van der Waals surface area contributed by atoms with Crippen LogP contribution in [0.5, 0.6) is 0 Å². The molecule has 0 aromatic heterocycles. The molecule has 2 aromatic carbocycles. The summed E-state index contributed by atoms with van der Waals surface area (Å²) in [5, 5.41) is 3.36. The van der Waals surface area contributed by atoms with E-state index in [1.54, 1.807) is 12.1 Å². The number of anilines is 1. The molecule has 1 N–H and O–H groups in total. The summed E-state index contributed by atoms with van der Waals surface area (Å²) in [6.45, 7) is 1.01. The summed E-state index contributed by atoms with van der Waals surface area (Å²) in [6.07, 6.45) is 4.08. The number of rotatable bonds is 6. The van der Waals surface area contributed by atoms with Crippen molar-refractivity contribution >= 4 is 29.3 Å². The Labute approximate surface area is 136 Å². The van der Waals surface area contributed by atoms with Crippen LogP contribution in [0.3, 0.4) is 0 Å². The Kier molecular flexibility index (Phi) is 6.19. The molecule has 0 saturated heterocycles. The molecule has 0 aliphatic heterocycles. The maximum absolute atomic E-state index is 12.0. The average molecular weight is 315 g/mol. The van der Waals surface area contributed by atoms with Crippen LogP contribution in [0.25, 0.3) is 6.08 Å². The maximum atomic E-state index is 12.0. The Morgan fingerprint density at radius 1 is 1.14 bits per heavy atom. The number of benzene rings is 2. The van der Waals surface area contributed by atoms with Gasteiger partial charge < -0.3 is 5.32 Å². The smallest absolute Gasteiger partial charge is 0.238 e. The van der Waals surface area contributed by atoms with Gasteiger partial charge >= 0.3 is 0 Å². The van der Waals surface area contributed by atoms with Crippen LogP contribution in [0, 0.1) is 0 Å². The van der Waals surface area contributed by atoms with Crippen LogP contribution in [0.4, 0.5) is 5.69 Å². The largest absolute Gasteiger partial charge is 0.324 e. The summed E-state index contributed by atoms with van der Waals surface area (Å²) >= 11 is 6.02. The second-order valence-electron chi connectivity index (χ2n) is 5.04. The third-order valence-corrected chi connectivity index (χ3v) is 3.42. The zero-order valence-corrected chi connectivity index (χ0v) is 13.3. The molecule has 22 heavy (non-hydrogen) atoms. The van der Waals surface area contributed by atoms with E-state index in [4.69, 9.17) is 11.6 Å². The minimum atomic E-state index is -0.0799. The van der Waals surface area contributed by atoms with Gasteiger partial charge in [-0.25, -0.2) is 0 Å². The van der Waals surface area contributed by atoms with Crippen molar-refractivity contribution < 1.29 is 4.79 Å². The number of nitrogens with zero attached hydrogens (tertiary/aromatic N) is 1. The summed E-state index contributed by atoms with van der Waals surface area (Å²) in [5.41, 5.74) is 1.79. The van der Waals surface area contributed by atoms with Crippen molar-refractivity contribution in [3.05, 3.63) is 71.3 Å². The van der Waals surface area contributed by atoms with Gasteiger partial charge in [0, 0.05) is 6.54 Å². The SMILES string of the molecule is CN(C/C=C/c1ccccc1)CC(=O)Nc1ccccc1Cl. The first-order valence-corrected chi connectivity index (χ1v) is 7.47. The summed E-state index contributed by atoms with van der Waals surface area (Å²) in [6, 6.07) is 17.3.